The molecular formula is C20H19N5O5. The van der Waals surface area contributed by atoms with Gasteiger partial charge in [-0.1, -0.05) is 12.1 Å². The Hall–Kier alpha value is -4.21. The van der Waals surface area contributed by atoms with E-state index < -0.39 is 10.9 Å². The number of nitro groups is 1. The van der Waals surface area contributed by atoms with Gasteiger partial charge in [-0.2, -0.15) is 0 Å². The van der Waals surface area contributed by atoms with E-state index in [1.165, 1.54) is 6.33 Å². The molecule has 0 amide bonds. The van der Waals surface area contributed by atoms with E-state index >= 15 is 0 Å². The maximum absolute atomic E-state index is 12.2. The largest absolute Gasteiger partial charge is 0.497 e. The Labute approximate surface area is 172 Å². The van der Waals surface area contributed by atoms with Crippen LogP contribution in [0.1, 0.15) is 17.3 Å². The smallest absolute Gasteiger partial charge is 0.353 e. The lowest BCUT2D eigenvalue weighted by Crippen LogP contribution is -2.10. The zero-order chi connectivity index (χ0) is 21.5. The second kappa shape index (κ2) is 9.32. The summed E-state index contributed by atoms with van der Waals surface area (Å²) >= 11 is 0. The molecule has 0 unspecified atom stereocenters. The van der Waals surface area contributed by atoms with E-state index in [9.17, 15) is 14.9 Å². The van der Waals surface area contributed by atoms with E-state index in [0.717, 1.165) is 0 Å². The van der Waals surface area contributed by atoms with E-state index in [-0.39, 0.29) is 29.5 Å². The standard InChI is InChI=1S/C20H19N5O5/c1-3-30-20(26)15-6-4-5-7-16(15)24-19-17(25(27)28)18(21-12-22-19)23-13-8-10-14(29-2)11-9-13/h4-12H,3H2,1-2H3,(H2,21,22,23,24). The highest BCUT2D eigenvalue weighted by Gasteiger charge is 2.24. The van der Waals surface area contributed by atoms with Gasteiger partial charge >= 0.3 is 11.7 Å². The van der Waals surface area contributed by atoms with Gasteiger partial charge in [0.05, 0.1) is 29.9 Å². The van der Waals surface area contributed by atoms with Crippen molar-refractivity contribution < 1.29 is 19.2 Å². The molecule has 10 nitrogen and oxygen atoms in total. The molecule has 30 heavy (non-hydrogen) atoms. The second-order valence-corrected chi connectivity index (χ2v) is 5.92. The summed E-state index contributed by atoms with van der Waals surface area (Å²) < 4.78 is 10.1. The van der Waals surface area contributed by atoms with E-state index in [0.29, 0.717) is 17.1 Å². The van der Waals surface area contributed by atoms with Gasteiger partial charge < -0.3 is 20.1 Å². The minimum absolute atomic E-state index is 0.00344. The Kier molecular flexibility index (Phi) is 6.38. The van der Waals surface area contributed by atoms with Gasteiger partial charge in [-0.05, 0) is 43.3 Å². The molecule has 2 N–H and O–H groups in total. The molecule has 3 aromatic rings. The number of nitrogens with one attached hydrogen (secondary N) is 2. The molecule has 3 rings (SSSR count). The van der Waals surface area contributed by atoms with Crippen LogP contribution in [0.15, 0.2) is 54.9 Å². The molecule has 0 spiro atoms. The topological polar surface area (TPSA) is 129 Å². The van der Waals surface area contributed by atoms with E-state index in [1.807, 2.05) is 0 Å². The Morgan fingerprint density at radius 2 is 1.73 bits per heavy atom. The Balaban J connectivity index is 1.96. The summed E-state index contributed by atoms with van der Waals surface area (Å²) in [4.78, 5) is 31.4. The molecule has 0 fully saturated rings. The van der Waals surface area contributed by atoms with E-state index in [4.69, 9.17) is 9.47 Å². The Morgan fingerprint density at radius 3 is 2.37 bits per heavy atom. The molecule has 154 valence electrons. The molecule has 0 aliphatic carbocycles. The van der Waals surface area contributed by atoms with Crippen LogP contribution >= 0.6 is 0 Å². The number of nitrogens with zero attached hydrogens (tertiary/aromatic N) is 3. The average molecular weight is 409 g/mol. The van der Waals surface area contributed by atoms with Crippen molar-refractivity contribution in [2.45, 2.75) is 6.92 Å². The SMILES string of the molecule is CCOC(=O)c1ccccc1Nc1ncnc(Nc2ccc(OC)cc2)c1[N+](=O)[O-]. The van der Waals surface area contributed by atoms with Crippen LogP contribution in [-0.4, -0.2) is 34.6 Å². The minimum atomic E-state index is -0.596. The maximum Gasteiger partial charge on any atom is 0.353 e. The van der Waals surface area contributed by atoms with E-state index in [1.54, 1.807) is 62.6 Å². The molecule has 1 aromatic heterocycles. The number of carbonyl (C=O) groups is 1. The summed E-state index contributed by atoms with van der Waals surface area (Å²) in [5, 5.41) is 17.5. The highest BCUT2D eigenvalue weighted by molar-refractivity contribution is 5.97. The first-order valence-corrected chi connectivity index (χ1v) is 8.97. The highest BCUT2D eigenvalue weighted by Crippen LogP contribution is 2.34. The lowest BCUT2D eigenvalue weighted by Gasteiger charge is -2.12. The van der Waals surface area contributed by atoms with Crippen molar-refractivity contribution in [3.63, 3.8) is 0 Å². The van der Waals surface area contributed by atoms with E-state index in [2.05, 4.69) is 20.6 Å². The predicted molar refractivity (Wildman–Crippen MR) is 111 cm³/mol. The van der Waals surface area contributed by atoms with Crippen LogP contribution in [-0.2, 0) is 4.74 Å². The van der Waals surface area contributed by atoms with Gasteiger partial charge in [0, 0.05) is 5.69 Å². The summed E-state index contributed by atoms with van der Waals surface area (Å²) in [6.45, 7) is 1.90. The van der Waals surface area contributed by atoms with Crippen LogP contribution in [0.25, 0.3) is 0 Å². The molecule has 0 atom stereocenters. The fraction of sp³-hybridized carbons (Fsp3) is 0.150. The lowest BCUT2D eigenvalue weighted by molar-refractivity contribution is -0.383. The number of hydrogen-bond donors (Lipinski definition) is 2. The molecule has 0 saturated carbocycles. The monoisotopic (exact) mass is 409 g/mol. The molecule has 0 aliphatic heterocycles. The summed E-state index contributed by atoms with van der Waals surface area (Å²) in [5.74, 6) is 0.0311. The molecule has 0 aliphatic rings. The van der Waals surface area contributed by atoms with Crippen molar-refractivity contribution in [1.82, 2.24) is 9.97 Å². The summed E-state index contributed by atoms with van der Waals surface area (Å²) in [6, 6.07) is 13.4. The third-order valence-corrected chi connectivity index (χ3v) is 4.03. The van der Waals surface area contributed by atoms with Gasteiger partial charge in [0.15, 0.2) is 0 Å². The fourth-order valence-electron chi connectivity index (χ4n) is 2.65. The third-order valence-electron chi connectivity index (χ3n) is 4.03. The molecular weight excluding hydrogens is 390 g/mol. The second-order valence-electron chi connectivity index (χ2n) is 5.92. The Morgan fingerprint density at radius 1 is 1.07 bits per heavy atom. The first-order chi connectivity index (χ1) is 14.5. The molecule has 10 heteroatoms. The number of benzene rings is 2. The predicted octanol–water partition coefficient (Wildman–Crippen LogP) is 4.06. The number of esters is 1. The van der Waals surface area contributed by atoms with Crippen LogP contribution in [0, 0.1) is 10.1 Å². The average Bonchev–Trinajstić information content (AvgIpc) is 2.75. The normalized spacial score (nSPS) is 10.2. The van der Waals surface area contributed by atoms with Crippen LogP contribution in [0.5, 0.6) is 5.75 Å². The van der Waals surface area contributed by atoms with Gasteiger partial charge in [-0.15, -0.1) is 0 Å². The molecule has 2 aromatic carbocycles. The maximum atomic E-state index is 12.2. The van der Waals surface area contributed by atoms with Crippen molar-refractivity contribution >= 4 is 34.7 Å². The van der Waals surface area contributed by atoms with Crippen LogP contribution in [0.2, 0.25) is 0 Å². The molecule has 0 bridgehead atoms. The van der Waals surface area contributed by atoms with Crippen molar-refractivity contribution in [1.29, 1.82) is 0 Å². The third kappa shape index (κ3) is 4.61. The number of rotatable bonds is 8. The fourth-order valence-corrected chi connectivity index (χ4v) is 2.65. The van der Waals surface area contributed by atoms with Crippen LogP contribution in [0.3, 0.4) is 0 Å². The van der Waals surface area contributed by atoms with Crippen molar-refractivity contribution in [3.05, 3.63) is 70.5 Å². The summed E-state index contributed by atoms with van der Waals surface area (Å²) in [6.07, 6.45) is 1.19. The van der Waals surface area contributed by atoms with Gasteiger partial charge in [0.1, 0.15) is 12.1 Å². The van der Waals surface area contributed by atoms with Gasteiger partial charge in [0.25, 0.3) is 0 Å². The van der Waals surface area contributed by atoms with Crippen molar-refractivity contribution in [3.8, 4) is 5.75 Å². The Bertz CT molecular complexity index is 1060. The number of aromatic nitrogens is 2. The van der Waals surface area contributed by atoms with Gasteiger partial charge in [0.2, 0.25) is 11.6 Å². The highest BCUT2D eigenvalue weighted by atomic mass is 16.6. The lowest BCUT2D eigenvalue weighted by atomic mass is 10.2. The first kappa shape index (κ1) is 20.5. The zero-order valence-electron chi connectivity index (χ0n) is 16.3. The first-order valence-electron chi connectivity index (χ1n) is 8.97. The number of para-hydroxylation sites is 1. The number of carbonyl (C=O) groups excluding carboxylic acids is 1. The quantitative estimate of drug-likeness (QED) is 0.321. The molecule has 1 heterocycles. The van der Waals surface area contributed by atoms with Crippen LogP contribution < -0.4 is 15.4 Å². The summed E-state index contributed by atoms with van der Waals surface area (Å²) in [5.41, 5.74) is 0.771. The van der Waals surface area contributed by atoms with Crippen molar-refractivity contribution in [2.75, 3.05) is 24.4 Å². The zero-order valence-corrected chi connectivity index (χ0v) is 16.3. The molecule has 0 saturated heterocycles. The molecule has 0 radical (unpaired) electrons. The minimum Gasteiger partial charge on any atom is -0.497 e. The van der Waals surface area contributed by atoms with Crippen molar-refractivity contribution in [2.24, 2.45) is 0 Å². The van der Waals surface area contributed by atoms with Crippen LogP contribution in [0.4, 0.5) is 28.7 Å². The van der Waals surface area contributed by atoms with Gasteiger partial charge in [-0.3, -0.25) is 10.1 Å². The number of methoxy groups -OCH3 is 1. The number of ether oxygens (including phenoxy) is 2. The number of hydrogen-bond acceptors (Lipinski definition) is 9. The summed E-state index contributed by atoms with van der Waals surface area (Å²) in [7, 11) is 1.55. The number of anilines is 4. The van der Waals surface area contributed by atoms with Gasteiger partial charge in [-0.25, -0.2) is 14.8 Å².